The largest absolute Gasteiger partial charge is 0.356 e. The van der Waals surface area contributed by atoms with Gasteiger partial charge in [0.1, 0.15) is 0 Å². The fourth-order valence-electron chi connectivity index (χ4n) is 2.26. The molecule has 18 heavy (non-hydrogen) atoms. The molecule has 0 radical (unpaired) electrons. The molecule has 0 saturated heterocycles. The standard InChI is InChI=1S/C15H21NO2/c1-5-16-14(18)7-6-13(17)15-11(3)8-10(2)9-12(15)4/h8-9H,5-7H2,1-4H3,(H,16,18). The van der Waals surface area contributed by atoms with Crippen LogP contribution in [0.4, 0.5) is 0 Å². The highest BCUT2D eigenvalue weighted by atomic mass is 16.2. The minimum absolute atomic E-state index is 0.0521. The first kappa shape index (κ1) is 14.4. The van der Waals surface area contributed by atoms with Crippen LogP contribution < -0.4 is 5.32 Å². The van der Waals surface area contributed by atoms with Gasteiger partial charge in [-0.2, -0.15) is 0 Å². The second kappa shape index (κ2) is 6.34. The van der Waals surface area contributed by atoms with Crippen molar-refractivity contribution in [3.8, 4) is 0 Å². The van der Waals surface area contributed by atoms with Gasteiger partial charge in [0, 0.05) is 24.9 Å². The van der Waals surface area contributed by atoms with E-state index < -0.39 is 0 Å². The van der Waals surface area contributed by atoms with Gasteiger partial charge in [0.25, 0.3) is 0 Å². The summed E-state index contributed by atoms with van der Waals surface area (Å²) in [7, 11) is 0. The maximum absolute atomic E-state index is 12.1. The molecular formula is C15H21NO2. The highest BCUT2D eigenvalue weighted by Crippen LogP contribution is 2.18. The fraction of sp³-hybridized carbons (Fsp3) is 0.467. The Morgan fingerprint density at radius 3 is 2.11 bits per heavy atom. The minimum Gasteiger partial charge on any atom is -0.356 e. The van der Waals surface area contributed by atoms with Crippen molar-refractivity contribution in [3.63, 3.8) is 0 Å². The number of aryl methyl sites for hydroxylation is 3. The van der Waals surface area contributed by atoms with Gasteiger partial charge in [0.05, 0.1) is 0 Å². The van der Waals surface area contributed by atoms with Crippen LogP contribution in [0.5, 0.6) is 0 Å². The molecule has 0 saturated carbocycles. The monoisotopic (exact) mass is 247 g/mol. The number of carbonyl (C=O) groups excluding carboxylic acids is 2. The van der Waals surface area contributed by atoms with E-state index in [4.69, 9.17) is 0 Å². The summed E-state index contributed by atoms with van der Waals surface area (Å²) in [4.78, 5) is 23.5. The van der Waals surface area contributed by atoms with Gasteiger partial charge in [-0.3, -0.25) is 9.59 Å². The predicted octanol–water partition coefficient (Wildman–Crippen LogP) is 2.71. The molecule has 0 aliphatic carbocycles. The average Bonchev–Trinajstić information content (AvgIpc) is 2.25. The normalized spacial score (nSPS) is 10.2. The SMILES string of the molecule is CCNC(=O)CCC(=O)c1c(C)cc(C)cc1C. The van der Waals surface area contributed by atoms with Crippen LogP contribution in [0, 0.1) is 20.8 Å². The van der Waals surface area contributed by atoms with E-state index in [0.717, 1.165) is 22.3 Å². The molecule has 0 atom stereocenters. The molecule has 1 aromatic carbocycles. The Morgan fingerprint density at radius 1 is 1.06 bits per heavy atom. The van der Waals surface area contributed by atoms with Gasteiger partial charge in [-0.1, -0.05) is 17.7 Å². The molecule has 0 aliphatic heterocycles. The van der Waals surface area contributed by atoms with Crippen molar-refractivity contribution in [1.82, 2.24) is 5.32 Å². The van der Waals surface area contributed by atoms with Gasteiger partial charge in [-0.15, -0.1) is 0 Å². The lowest BCUT2D eigenvalue weighted by Crippen LogP contribution is -2.23. The highest BCUT2D eigenvalue weighted by molar-refractivity contribution is 6.00. The third-order valence-electron chi connectivity index (χ3n) is 2.91. The summed E-state index contributed by atoms with van der Waals surface area (Å²) in [6.07, 6.45) is 0.538. The second-order valence-electron chi connectivity index (χ2n) is 4.65. The third kappa shape index (κ3) is 3.69. The Morgan fingerprint density at radius 2 is 1.61 bits per heavy atom. The van der Waals surface area contributed by atoms with Crippen molar-refractivity contribution in [2.24, 2.45) is 0 Å². The molecule has 1 rings (SSSR count). The van der Waals surface area contributed by atoms with Gasteiger partial charge in [-0.05, 0) is 38.8 Å². The third-order valence-corrected chi connectivity index (χ3v) is 2.91. The number of Topliss-reactive ketones (excluding diaryl/α,β-unsaturated/α-hetero) is 1. The smallest absolute Gasteiger partial charge is 0.220 e. The van der Waals surface area contributed by atoms with Gasteiger partial charge in [0.2, 0.25) is 5.91 Å². The number of ketones is 1. The molecule has 0 spiro atoms. The molecule has 0 heterocycles. The van der Waals surface area contributed by atoms with E-state index in [1.807, 2.05) is 39.8 Å². The molecule has 98 valence electrons. The lowest BCUT2D eigenvalue weighted by atomic mass is 9.94. The van der Waals surface area contributed by atoms with Crippen LogP contribution in [0.1, 0.15) is 46.8 Å². The molecule has 0 aromatic heterocycles. The second-order valence-corrected chi connectivity index (χ2v) is 4.65. The first-order valence-corrected chi connectivity index (χ1v) is 6.33. The molecule has 1 aromatic rings. The highest BCUT2D eigenvalue weighted by Gasteiger charge is 2.14. The van der Waals surface area contributed by atoms with Gasteiger partial charge >= 0.3 is 0 Å². The van der Waals surface area contributed by atoms with Crippen molar-refractivity contribution in [1.29, 1.82) is 0 Å². The maximum atomic E-state index is 12.1. The van der Waals surface area contributed by atoms with Gasteiger partial charge in [0.15, 0.2) is 5.78 Å². The Bertz CT molecular complexity index is 441. The Kier molecular flexibility index (Phi) is 5.08. The van der Waals surface area contributed by atoms with Crippen LogP contribution in [0.3, 0.4) is 0 Å². The molecule has 0 bridgehead atoms. The van der Waals surface area contributed by atoms with Gasteiger partial charge < -0.3 is 5.32 Å². The van der Waals surface area contributed by atoms with E-state index in [1.165, 1.54) is 0 Å². The first-order chi connectivity index (χ1) is 8.45. The summed E-state index contributed by atoms with van der Waals surface area (Å²) in [5, 5.41) is 2.70. The van der Waals surface area contributed by atoms with E-state index in [9.17, 15) is 9.59 Å². The number of benzene rings is 1. The molecular weight excluding hydrogens is 226 g/mol. The number of hydrogen-bond donors (Lipinski definition) is 1. The van der Waals surface area contributed by atoms with E-state index >= 15 is 0 Å². The number of carbonyl (C=O) groups is 2. The van der Waals surface area contributed by atoms with E-state index in [0.29, 0.717) is 6.54 Å². The van der Waals surface area contributed by atoms with Crippen LogP contribution in [0.2, 0.25) is 0 Å². The summed E-state index contributed by atoms with van der Waals surface area (Å²) in [6, 6.07) is 4.01. The Labute approximate surface area is 109 Å². The van der Waals surface area contributed by atoms with Crippen molar-refractivity contribution in [2.45, 2.75) is 40.5 Å². The number of rotatable bonds is 5. The molecule has 3 heteroatoms. The molecule has 1 N–H and O–H groups in total. The number of hydrogen-bond acceptors (Lipinski definition) is 2. The average molecular weight is 247 g/mol. The van der Waals surface area contributed by atoms with Crippen molar-refractivity contribution >= 4 is 11.7 Å². The Balaban J connectivity index is 2.76. The lowest BCUT2D eigenvalue weighted by Gasteiger charge is -2.10. The summed E-state index contributed by atoms with van der Waals surface area (Å²) >= 11 is 0. The van der Waals surface area contributed by atoms with Crippen molar-refractivity contribution in [3.05, 3.63) is 34.4 Å². The molecule has 3 nitrogen and oxygen atoms in total. The van der Waals surface area contributed by atoms with Crippen molar-refractivity contribution < 1.29 is 9.59 Å². The zero-order chi connectivity index (χ0) is 13.7. The van der Waals surface area contributed by atoms with Crippen LogP contribution in [0.25, 0.3) is 0 Å². The summed E-state index contributed by atoms with van der Waals surface area (Å²) in [5.74, 6) is -0.00970. The van der Waals surface area contributed by atoms with Crippen LogP contribution >= 0.6 is 0 Å². The summed E-state index contributed by atoms with van der Waals surface area (Å²) in [5.41, 5.74) is 3.91. The van der Waals surface area contributed by atoms with E-state index in [1.54, 1.807) is 0 Å². The quantitative estimate of drug-likeness (QED) is 0.813. The molecule has 0 aliphatic rings. The molecule has 0 fully saturated rings. The summed E-state index contributed by atoms with van der Waals surface area (Å²) in [6.45, 7) is 8.38. The fourth-order valence-corrected chi connectivity index (χ4v) is 2.26. The topological polar surface area (TPSA) is 46.2 Å². The number of nitrogens with one attached hydrogen (secondary N) is 1. The lowest BCUT2D eigenvalue weighted by molar-refractivity contribution is -0.120. The van der Waals surface area contributed by atoms with Crippen LogP contribution in [-0.4, -0.2) is 18.2 Å². The van der Waals surface area contributed by atoms with E-state index in [2.05, 4.69) is 5.32 Å². The molecule has 0 unspecified atom stereocenters. The minimum atomic E-state index is -0.0618. The zero-order valence-corrected chi connectivity index (χ0v) is 11.6. The molecule has 1 amide bonds. The van der Waals surface area contributed by atoms with Gasteiger partial charge in [-0.25, -0.2) is 0 Å². The maximum Gasteiger partial charge on any atom is 0.220 e. The van der Waals surface area contributed by atoms with E-state index in [-0.39, 0.29) is 24.5 Å². The number of amides is 1. The van der Waals surface area contributed by atoms with Crippen molar-refractivity contribution in [2.75, 3.05) is 6.54 Å². The zero-order valence-electron chi connectivity index (χ0n) is 11.6. The van der Waals surface area contributed by atoms with Crippen LogP contribution in [-0.2, 0) is 4.79 Å². The Hall–Kier alpha value is -1.64. The van der Waals surface area contributed by atoms with Crippen LogP contribution in [0.15, 0.2) is 12.1 Å². The first-order valence-electron chi connectivity index (χ1n) is 6.33. The predicted molar refractivity (Wildman–Crippen MR) is 72.9 cm³/mol. The summed E-state index contributed by atoms with van der Waals surface area (Å²) < 4.78 is 0.